The van der Waals surface area contributed by atoms with Gasteiger partial charge in [0.2, 0.25) is 0 Å². The third-order valence-electron chi connectivity index (χ3n) is 3.40. The molecule has 3 nitrogen and oxygen atoms in total. The molecule has 0 aliphatic heterocycles. The minimum Gasteiger partial charge on any atom is -0.441 e. The molecule has 0 amide bonds. The fourth-order valence-electron chi connectivity index (χ4n) is 2.33. The van der Waals surface area contributed by atoms with Gasteiger partial charge in [-0.25, -0.2) is 9.37 Å². The number of fused-ring (bicyclic) bond motifs is 1. The Bertz CT molecular complexity index is 739. The lowest BCUT2D eigenvalue weighted by Gasteiger charge is -2.15. The first-order chi connectivity index (χ1) is 10.2. The fourth-order valence-corrected chi connectivity index (χ4v) is 2.49. The van der Waals surface area contributed by atoms with Crippen LogP contribution < -0.4 is 5.32 Å². The summed E-state index contributed by atoms with van der Waals surface area (Å²) in [5.74, 6) is 0.239. The molecule has 1 heterocycles. The molecule has 0 saturated heterocycles. The van der Waals surface area contributed by atoms with E-state index in [1.165, 1.54) is 6.07 Å². The van der Waals surface area contributed by atoms with Crippen LogP contribution in [-0.4, -0.2) is 12.0 Å². The van der Waals surface area contributed by atoms with E-state index in [9.17, 15) is 4.39 Å². The summed E-state index contributed by atoms with van der Waals surface area (Å²) in [6.07, 6.45) is 0.462. The lowest BCUT2D eigenvalue weighted by molar-refractivity contribution is 0.461. The number of likely N-dealkylation sites (N-methyl/N-ethyl adjacent to an activating group) is 1. The zero-order valence-corrected chi connectivity index (χ0v) is 12.2. The van der Waals surface area contributed by atoms with Gasteiger partial charge in [-0.2, -0.15) is 0 Å². The van der Waals surface area contributed by atoms with Gasteiger partial charge >= 0.3 is 0 Å². The molecule has 2 aromatic carbocycles. The maximum Gasteiger partial charge on any atom is 0.197 e. The van der Waals surface area contributed by atoms with Crippen molar-refractivity contribution < 1.29 is 8.81 Å². The van der Waals surface area contributed by atoms with Gasteiger partial charge in [0.1, 0.15) is 11.3 Å². The zero-order valence-electron chi connectivity index (χ0n) is 11.4. The number of oxazole rings is 1. The molecule has 0 aliphatic carbocycles. The second-order valence-electron chi connectivity index (χ2n) is 4.79. The van der Waals surface area contributed by atoms with Gasteiger partial charge < -0.3 is 9.73 Å². The first-order valence-electron chi connectivity index (χ1n) is 6.64. The van der Waals surface area contributed by atoms with E-state index in [4.69, 9.17) is 16.0 Å². The number of nitrogens with one attached hydrogen (secondary N) is 1. The lowest BCUT2D eigenvalue weighted by atomic mass is 10.0. The summed E-state index contributed by atoms with van der Waals surface area (Å²) in [5, 5.41) is 3.47. The van der Waals surface area contributed by atoms with Gasteiger partial charge in [0.15, 0.2) is 11.5 Å². The molecule has 21 heavy (non-hydrogen) atoms. The number of aromatic nitrogens is 1. The van der Waals surface area contributed by atoms with Crippen LogP contribution in [0.15, 0.2) is 46.9 Å². The summed E-state index contributed by atoms with van der Waals surface area (Å²) in [6.45, 7) is 0. The molecule has 0 aliphatic rings. The largest absolute Gasteiger partial charge is 0.441 e. The monoisotopic (exact) mass is 304 g/mol. The number of hydrogen-bond acceptors (Lipinski definition) is 3. The van der Waals surface area contributed by atoms with Gasteiger partial charge in [0.25, 0.3) is 0 Å². The van der Waals surface area contributed by atoms with E-state index in [2.05, 4.69) is 10.3 Å². The van der Waals surface area contributed by atoms with Crippen LogP contribution in [0, 0.1) is 5.82 Å². The van der Waals surface area contributed by atoms with Gasteiger partial charge in [-0.3, -0.25) is 0 Å². The predicted molar refractivity (Wildman–Crippen MR) is 80.9 cm³/mol. The Morgan fingerprint density at radius 3 is 2.81 bits per heavy atom. The predicted octanol–water partition coefficient (Wildman–Crippen LogP) is 4.12. The molecule has 1 unspecified atom stereocenters. The van der Waals surface area contributed by atoms with E-state index in [1.807, 2.05) is 24.3 Å². The highest BCUT2D eigenvalue weighted by Crippen LogP contribution is 2.25. The molecule has 108 valence electrons. The first kappa shape index (κ1) is 14.0. The van der Waals surface area contributed by atoms with E-state index in [0.29, 0.717) is 22.9 Å². The summed E-state index contributed by atoms with van der Waals surface area (Å²) >= 11 is 5.79. The first-order valence-corrected chi connectivity index (χ1v) is 7.02. The van der Waals surface area contributed by atoms with E-state index >= 15 is 0 Å². The summed E-state index contributed by atoms with van der Waals surface area (Å²) in [4.78, 5) is 4.42. The average Bonchev–Trinajstić information content (AvgIpc) is 2.87. The summed E-state index contributed by atoms with van der Waals surface area (Å²) in [6, 6.07) is 12.0. The zero-order chi connectivity index (χ0) is 14.8. The molecular formula is C16H14ClFN2O. The minimum absolute atomic E-state index is 0.227. The van der Waals surface area contributed by atoms with Crippen molar-refractivity contribution in [1.82, 2.24) is 10.3 Å². The van der Waals surface area contributed by atoms with Crippen LogP contribution in [0.3, 0.4) is 0 Å². The Kier molecular flexibility index (Phi) is 3.90. The van der Waals surface area contributed by atoms with E-state index in [0.717, 1.165) is 11.1 Å². The van der Waals surface area contributed by atoms with Crippen molar-refractivity contribution in [2.24, 2.45) is 0 Å². The highest BCUT2D eigenvalue weighted by molar-refractivity contribution is 6.30. The van der Waals surface area contributed by atoms with Crippen LogP contribution in [0.25, 0.3) is 11.1 Å². The highest BCUT2D eigenvalue weighted by Gasteiger charge is 2.18. The second-order valence-corrected chi connectivity index (χ2v) is 5.22. The van der Waals surface area contributed by atoms with Crippen LogP contribution in [0.1, 0.15) is 17.5 Å². The average molecular weight is 305 g/mol. The van der Waals surface area contributed by atoms with Crippen molar-refractivity contribution in [3.63, 3.8) is 0 Å². The summed E-state index contributed by atoms with van der Waals surface area (Å²) < 4.78 is 19.7. The van der Waals surface area contributed by atoms with E-state index in [-0.39, 0.29) is 11.9 Å². The number of rotatable bonds is 4. The van der Waals surface area contributed by atoms with Crippen LogP contribution in [0.5, 0.6) is 0 Å². The quantitative estimate of drug-likeness (QED) is 0.788. The standard InChI is InChI=1S/C16H14ClFN2O/c1-19-14(11-7-6-10(17)8-12(11)18)9-16-20-13-4-2-3-5-15(13)21-16/h2-8,14,19H,9H2,1H3. The Balaban J connectivity index is 1.90. The van der Waals surface area contributed by atoms with Crippen molar-refractivity contribution in [2.75, 3.05) is 7.05 Å². The van der Waals surface area contributed by atoms with Crippen LogP contribution >= 0.6 is 11.6 Å². The van der Waals surface area contributed by atoms with Crippen LogP contribution in [0.2, 0.25) is 5.02 Å². The minimum atomic E-state index is -0.335. The molecule has 0 saturated carbocycles. The van der Waals surface area contributed by atoms with E-state index in [1.54, 1.807) is 19.2 Å². The lowest BCUT2D eigenvalue weighted by Crippen LogP contribution is -2.20. The molecular weight excluding hydrogens is 291 g/mol. The van der Waals surface area contributed by atoms with Gasteiger partial charge in [-0.1, -0.05) is 29.8 Å². The van der Waals surface area contributed by atoms with Gasteiger partial charge in [0.05, 0.1) is 0 Å². The van der Waals surface area contributed by atoms with Crippen molar-refractivity contribution in [1.29, 1.82) is 0 Å². The molecule has 1 aromatic heterocycles. The summed E-state index contributed by atoms with van der Waals surface area (Å²) in [7, 11) is 1.78. The second kappa shape index (κ2) is 5.84. The smallest absolute Gasteiger partial charge is 0.197 e. The number of halogens is 2. The molecule has 1 atom stereocenters. The Hall–Kier alpha value is -1.91. The van der Waals surface area contributed by atoms with Crippen molar-refractivity contribution in [3.05, 3.63) is 64.8 Å². The maximum absolute atomic E-state index is 14.0. The van der Waals surface area contributed by atoms with Crippen molar-refractivity contribution in [2.45, 2.75) is 12.5 Å². The molecule has 0 bridgehead atoms. The van der Waals surface area contributed by atoms with Gasteiger partial charge in [-0.05, 0) is 31.3 Å². The third-order valence-corrected chi connectivity index (χ3v) is 3.64. The normalized spacial score (nSPS) is 12.7. The highest BCUT2D eigenvalue weighted by atomic mass is 35.5. The van der Waals surface area contributed by atoms with Gasteiger partial charge in [-0.15, -0.1) is 0 Å². The molecule has 3 aromatic rings. The number of hydrogen-bond donors (Lipinski definition) is 1. The van der Waals surface area contributed by atoms with Gasteiger partial charge in [0, 0.05) is 23.0 Å². The number of nitrogens with zero attached hydrogens (tertiary/aromatic N) is 1. The number of para-hydroxylation sites is 2. The SMILES string of the molecule is CNC(Cc1nc2ccccc2o1)c1ccc(Cl)cc1F. The van der Waals surface area contributed by atoms with Crippen molar-refractivity contribution >= 4 is 22.7 Å². The molecule has 0 radical (unpaired) electrons. The molecule has 5 heteroatoms. The molecule has 0 spiro atoms. The van der Waals surface area contributed by atoms with Crippen LogP contribution in [0.4, 0.5) is 4.39 Å². The molecule has 0 fully saturated rings. The van der Waals surface area contributed by atoms with E-state index < -0.39 is 0 Å². The van der Waals surface area contributed by atoms with Crippen molar-refractivity contribution in [3.8, 4) is 0 Å². The van der Waals surface area contributed by atoms with Crippen LogP contribution in [-0.2, 0) is 6.42 Å². The summed E-state index contributed by atoms with van der Waals surface area (Å²) in [5.41, 5.74) is 2.09. The Morgan fingerprint density at radius 1 is 1.29 bits per heavy atom. The molecule has 3 rings (SSSR count). The fraction of sp³-hybridized carbons (Fsp3) is 0.188. The topological polar surface area (TPSA) is 38.1 Å². The Labute approximate surface area is 126 Å². The third kappa shape index (κ3) is 2.91. The Morgan fingerprint density at radius 2 is 2.10 bits per heavy atom. The maximum atomic E-state index is 14.0. The number of benzene rings is 2. The molecule has 1 N–H and O–H groups in total.